The van der Waals surface area contributed by atoms with Crippen LogP contribution in [0.5, 0.6) is 11.5 Å². The van der Waals surface area contributed by atoms with Gasteiger partial charge in [0.15, 0.2) is 11.5 Å². The first-order valence-corrected chi connectivity index (χ1v) is 12.2. The fourth-order valence-corrected chi connectivity index (χ4v) is 4.49. The van der Waals surface area contributed by atoms with Gasteiger partial charge < -0.3 is 19.4 Å². The van der Waals surface area contributed by atoms with Crippen LogP contribution < -0.4 is 14.8 Å². The number of benzene rings is 3. The smallest absolute Gasteiger partial charge is 0.243 e. The molecule has 1 amide bonds. The number of hydrogen-bond donors (Lipinski definition) is 1. The highest BCUT2D eigenvalue weighted by atomic mass is 19.1. The van der Waals surface area contributed by atoms with Gasteiger partial charge in [0.25, 0.3) is 0 Å². The van der Waals surface area contributed by atoms with E-state index >= 15 is 0 Å². The minimum absolute atomic E-state index is 0.0409. The Morgan fingerprint density at radius 2 is 1.72 bits per heavy atom. The predicted molar refractivity (Wildman–Crippen MR) is 139 cm³/mol. The molecule has 0 bridgehead atoms. The van der Waals surface area contributed by atoms with E-state index in [0.717, 1.165) is 34.4 Å². The second-order valence-corrected chi connectivity index (χ2v) is 8.72. The average Bonchev–Trinajstić information content (AvgIpc) is 3.25. The second-order valence-electron chi connectivity index (χ2n) is 8.72. The van der Waals surface area contributed by atoms with Crippen molar-refractivity contribution >= 4 is 16.9 Å². The number of carbonyl (C=O) groups excluding carboxylic acids is 1. The molecule has 36 heavy (non-hydrogen) atoms. The van der Waals surface area contributed by atoms with Gasteiger partial charge in [-0.15, -0.1) is 0 Å². The zero-order valence-corrected chi connectivity index (χ0v) is 21.0. The van der Waals surface area contributed by atoms with Crippen LogP contribution in [0.3, 0.4) is 0 Å². The molecule has 4 aromatic rings. The van der Waals surface area contributed by atoms with Gasteiger partial charge in [-0.3, -0.25) is 4.79 Å². The molecule has 4 rings (SSSR count). The number of carbonyl (C=O) groups is 1. The summed E-state index contributed by atoms with van der Waals surface area (Å²) in [6.45, 7) is 2.57. The third kappa shape index (κ3) is 5.67. The molecule has 188 valence electrons. The van der Waals surface area contributed by atoms with Crippen molar-refractivity contribution in [2.75, 3.05) is 20.8 Å². The molecular formula is C29H32FN3O3. The first-order valence-electron chi connectivity index (χ1n) is 12.2. The Morgan fingerprint density at radius 3 is 2.44 bits per heavy atom. The summed E-state index contributed by atoms with van der Waals surface area (Å²) in [5.41, 5.74) is 3.75. The van der Waals surface area contributed by atoms with Crippen LogP contribution in [0.25, 0.3) is 11.0 Å². The van der Waals surface area contributed by atoms with Gasteiger partial charge in [0, 0.05) is 13.0 Å². The van der Waals surface area contributed by atoms with Crippen molar-refractivity contribution in [3.8, 4) is 11.5 Å². The summed E-state index contributed by atoms with van der Waals surface area (Å²) in [6.07, 6.45) is 2.70. The SMILES string of the molecule is CCCC(C(=O)NCCc1ccc(OC)c(OC)c1)n1c(Cc2ccc(F)cc2)nc2ccccc21. The van der Waals surface area contributed by atoms with Crippen LogP contribution in [0.15, 0.2) is 66.7 Å². The summed E-state index contributed by atoms with van der Waals surface area (Å²) in [7, 11) is 3.22. The second kappa shape index (κ2) is 11.7. The van der Waals surface area contributed by atoms with Crippen LogP contribution in [-0.2, 0) is 17.6 Å². The fourth-order valence-electron chi connectivity index (χ4n) is 4.49. The van der Waals surface area contributed by atoms with Crippen molar-refractivity contribution in [2.45, 2.75) is 38.6 Å². The number of nitrogens with one attached hydrogen (secondary N) is 1. The first kappa shape index (κ1) is 25.2. The largest absolute Gasteiger partial charge is 0.493 e. The zero-order chi connectivity index (χ0) is 25.5. The Bertz CT molecular complexity index is 1320. The number of aromatic nitrogens is 2. The number of halogens is 1. The van der Waals surface area contributed by atoms with Crippen molar-refractivity contribution in [1.29, 1.82) is 0 Å². The van der Waals surface area contributed by atoms with Crippen LogP contribution >= 0.6 is 0 Å². The summed E-state index contributed by atoms with van der Waals surface area (Å²) in [4.78, 5) is 18.3. The molecule has 0 saturated carbocycles. The van der Waals surface area contributed by atoms with Gasteiger partial charge in [0.05, 0.1) is 25.3 Å². The van der Waals surface area contributed by atoms with E-state index in [-0.39, 0.29) is 11.7 Å². The number of hydrogen-bond acceptors (Lipinski definition) is 4. The highest BCUT2D eigenvalue weighted by Crippen LogP contribution is 2.28. The molecular weight excluding hydrogens is 457 g/mol. The molecule has 0 saturated heterocycles. The van der Waals surface area contributed by atoms with Gasteiger partial charge in [-0.25, -0.2) is 9.37 Å². The number of nitrogens with zero attached hydrogens (tertiary/aromatic N) is 2. The van der Waals surface area contributed by atoms with E-state index in [4.69, 9.17) is 14.5 Å². The normalized spacial score (nSPS) is 11.9. The van der Waals surface area contributed by atoms with Crippen LogP contribution in [0.2, 0.25) is 0 Å². The van der Waals surface area contributed by atoms with E-state index in [1.807, 2.05) is 47.0 Å². The molecule has 0 aliphatic carbocycles. The zero-order valence-electron chi connectivity index (χ0n) is 21.0. The number of ether oxygens (including phenoxy) is 2. The van der Waals surface area contributed by atoms with Gasteiger partial charge in [0.2, 0.25) is 5.91 Å². The van der Waals surface area contributed by atoms with Gasteiger partial charge in [0.1, 0.15) is 17.7 Å². The van der Waals surface area contributed by atoms with Gasteiger partial charge >= 0.3 is 0 Å². The molecule has 1 heterocycles. The maximum Gasteiger partial charge on any atom is 0.243 e. The number of methoxy groups -OCH3 is 2. The molecule has 1 atom stereocenters. The highest BCUT2D eigenvalue weighted by Gasteiger charge is 2.25. The van der Waals surface area contributed by atoms with Crippen molar-refractivity contribution in [2.24, 2.45) is 0 Å². The standard InChI is InChI=1S/C29H32FN3O3/c1-4-7-25(29(34)31-17-16-21-12-15-26(35-2)27(18-21)36-3)33-24-9-6-5-8-23(24)32-28(33)19-20-10-13-22(30)14-11-20/h5-6,8-15,18,25H,4,7,16-17,19H2,1-3H3,(H,31,34). The number of imidazole rings is 1. The molecule has 0 radical (unpaired) electrons. The van der Waals surface area contributed by atoms with Gasteiger partial charge in [-0.1, -0.05) is 43.7 Å². The molecule has 3 aromatic carbocycles. The summed E-state index contributed by atoms with van der Waals surface area (Å²) in [5.74, 6) is 1.82. The van der Waals surface area contributed by atoms with Crippen LogP contribution in [0.1, 0.15) is 42.8 Å². The molecule has 1 aromatic heterocycles. The Balaban J connectivity index is 1.56. The lowest BCUT2D eigenvalue weighted by molar-refractivity contribution is -0.124. The average molecular weight is 490 g/mol. The number of para-hydroxylation sites is 2. The minimum atomic E-state index is -0.400. The van der Waals surface area contributed by atoms with Crippen molar-refractivity contribution < 1.29 is 18.7 Å². The molecule has 0 aliphatic heterocycles. The summed E-state index contributed by atoms with van der Waals surface area (Å²) >= 11 is 0. The molecule has 1 N–H and O–H groups in total. The number of amides is 1. The maximum atomic E-state index is 13.5. The monoisotopic (exact) mass is 489 g/mol. The van der Waals surface area contributed by atoms with Crippen molar-refractivity contribution in [3.63, 3.8) is 0 Å². The van der Waals surface area contributed by atoms with E-state index in [2.05, 4.69) is 12.2 Å². The lowest BCUT2D eigenvalue weighted by atomic mass is 10.1. The van der Waals surface area contributed by atoms with Crippen LogP contribution in [0, 0.1) is 5.82 Å². The molecule has 0 spiro atoms. The van der Waals surface area contributed by atoms with E-state index in [1.165, 1.54) is 12.1 Å². The minimum Gasteiger partial charge on any atom is -0.493 e. The van der Waals surface area contributed by atoms with Crippen LogP contribution in [0.4, 0.5) is 4.39 Å². The Kier molecular flexibility index (Phi) is 8.21. The molecule has 0 aliphatic rings. The predicted octanol–water partition coefficient (Wildman–Crippen LogP) is 5.48. The number of fused-ring (bicyclic) bond motifs is 1. The molecule has 1 unspecified atom stereocenters. The third-order valence-electron chi connectivity index (χ3n) is 6.28. The van der Waals surface area contributed by atoms with Gasteiger partial charge in [-0.05, 0) is 60.4 Å². The van der Waals surface area contributed by atoms with Crippen molar-refractivity contribution in [1.82, 2.24) is 14.9 Å². The molecule has 6 nitrogen and oxygen atoms in total. The molecule has 7 heteroatoms. The lowest BCUT2D eigenvalue weighted by Crippen LogP contribution is -2.34. The topological polar surface area (TPSA) is 65.4 Å². The summed E-state index contributed by atoms with van der Waals surface area (Å²) in [6, 6.07) is 19.7. The van der Waals surface area contributed by atoms with E-state index in [0.29, 0.717) is 37.3 Å². The highest BCUT2D eigenvalue weighted by molar-refractivity contribution is 5.84. The van der Waals surface area contributed by atoms with E-state index in [9.17, 15) is 9.18 Å². The van der Waals surface area contributed by atoms with Crippen LogP contribution in [-0.4, -0.2) is 36.2 Å². The Morgan fingerprint density at radius 1 is 1.00 bits per heavy atom. The first-order chi connectivity index (χ1) is 17.5. The lowest BCUT2D eigenvalue weighted by Gasteiger charge is -2.21. The van der Waals surface area contributed by atoms with E-state index < -0.39 is 6.04 Å². The van der Waals surface area contributed by atoms with Gasteiger partial charge in [-0.2, -0.15) is 0 Å². The Labute approximate surface area is 211 Å². The van der Waals surface area contributed by atoms with E-state index in [1.54, 1.807) is 26.4 Å². The van der Waals surface area contributed by atoms with Crippen molar-refractivity contribution in [3.05, 3.63) is 89.5 Å². The summed E-state index contributed by atoms with van der Waals surface area (Å²) < 4.78 is 26.2. The quantitative estimate of drug-likeness (QED) is 0.303. The number of rotatable bonds is 11. The Hall–Kier alpha value is -3.87. The maximum absolute atomic E-state index is 13.5. The molecule has 0 fully saturated rings. The third-order valence-corrected chi connectivity index (χ3v) is 6.28. The summed E-state index contributed by atoms with van der Waals surface area (Å²) in [5, 5.41) is 3.12. The fraction of sp³-hybridized carbons (Fsp3) is 0.310.